The van der Waals surface area contributed by atoms with Crippen LogP contribution in [0.5, 0.6) is 0 Å². The van der Waals surface area contributed by atoms with Gasteiger partial charge in [-0.3, -0.25) is 0 Å². The van der Waals surface area contributed by atoms with Crippen LogP contribution in [0, 0.1) is 46.3 Å². The summed E-state index contributed by atoms with van der Waals surface area (Å²) in [7, 11) is 0. The standard InChI is InChI=1S/C22H38O4/c1-12(11-23)15-4-5-16-20-17(10-19(26)22(15,16)3)21(2)7-6-14(24)8-13(21)9-18(20)25/h12-20,23-26H,4-11H2,1-3H3/t12?,13-,14+,15+,16-,17-,18+,19-,20-,21-,22+/m0/s1. The minimum absolute atomic E-state index is 0.131. The SMILES string of the molecule is CC(CO)[C@H]1CC[C@H]2[C@@H]3[C@H](O)C[C@@H]4C[C@H](O)CC[C@]4(C)[C@H]3C[C@H](O)[C@]12C. The van der Waals surface area contributed by atoms with Crippen LogP contribution >= 0.6 is 0 Å². The number of hydrogen-bond acceptors (Lipinski definition) is 4. The molecule has 4 heteroatoms. The molecule has 0 spiro atoms. The maximum Gasteiger partial charge on any atom is 0.0602 e. The molecule has 4 aliphatic rings. The van der Waals surface area contributed by atoms with Crippen LogP contribution in [0.25, 0.3) is 0 Å². The van der Waals surface area contributed by atoms with E-state index >= 15 is 0 Å². The largest absolute Gasteiger partial charge is 0.396 e. The molecule has 0 aliphatic heterocycles. The third kappa shape index (κ3) is 2.48. The molecular weight excluding hydrogens is 328 g/mol. The highest BCUT2D eigenvalue weighted by Crippen LogP contribution is 2.68. The molecule has 4 N–H and O–H groups in total. The van der Waals surface area contributed by atoms with E-state index < -0.39 is 0 Å². The first kappa shape index (κ1) is 19.2. The second kappa shape index (κ2) is 6.43. The van der Waals surface area contributed by atoms with E-state index in [0.29, 0.717) is 23.7 Å². The summed E-state index contributed by atoms with van der Waals surface area (Å²) in [5.74, 6) is 1.85. The lowest BCUT2D eigenvalue weighted by Crippen LogP contribution is -2.62. The minimum Gasteiger partial charge on any atom is -0.396 e. The summed E-state index contributed by atoms with van der Waals surface area (Å²) in [4.78, 5) is 0. The van der Waals surface area contributed by atoms with Crippen molar-refractivity contribution in [2.75, 3.05) is 6.61 Å². The summed E-state index contributed by atoms with van der Waals surface area (Å²) >= 11 is 0. The predicted molar refractivity (Wildman–Crippen MR) is 100 cm³/mol. The summed E-state index contributed by atoms with van der Waals surface area (Å²) in [5.41, 5.74) is -0.0617. The van der Waals surface area contributed by atoms with Crippen LogP contribution in [0.2, 0.25) is 0 Å². The van der Waals surface area contributed by atoms with E-state index in [1.165, 1.54) is 0 Å². The molecule has 4 nitrogen and oxygen atoms in total. The second-order valence-electron chi connectivity index (χ2n) is 10.7. The zero-order valence-corrected chi connectivity index (χ0v) is 16.6. The predicted octanol–water partition coefficient (Wildman–Crippen LogP) is 2.58. The Morgan fingerprint density at radius 3 is 2.38 bits per heavy atom. The van der Waals surface area contributed by atoms with Crippen molar-refractivity contribution < 1.29 is 20.4 Å². The van der Waals surface area contributed by atoms with E-state index in [-0.39, 0.29) is 47.6 Å². The van der Waals surface area contributed by atoms with Gasteiger partial charge < -0.3 is 20.4 Å². The second-order valence-corrected chi connectivity index (χ2v) is 10.7. The van der Waals surface area contributed by atoms with Crippen molar-refractivity contribution in [3.8, 4) is 0 Å². The van der Waals surface area contributed by atoms with Crippen molar-refractivity contribution in [2.45, 2.75) is 84.0 Å². The molecule has 4 rings (SSSR count). The number of aliphatic hydroxyl groups is 4. The average Bonchev–Trinajstić information content (AvgIpc) is 2.95. The van der Waals surface area contributed by atoms with Crippen LogP contribution in [0.3, 0.4) is 0 Å². The summed E-state index contributed by atoms with van der Waals surface area (Å²) in [6.45, 7) is 6.88. The van der Waals surface area contributed by atoms with Gasteiger partial charge in [-0.2, -0.15) is 0 Å². The van der Waals surface area contributed by atoms with Crippen LogP contribution in [0.1, 0.15) is 65.7 Å². The van der Waals surface area contributed by atoms with Gasteiger partial charge in [0.15, 0.2) is 0 Å². The number of aliphatic hydroxyl groups excluding tert-OH is 4. The van der Waals surface area contributed by atoms with Crippen molar-refractivity contribution in [1.29, 1.82) is 0 Å². The van der Waals surface area contributed by atoms with Crippen LogP contribution in [0.4, 0.5) is 0 Å². The van der Waals surface area contributed by atoms with Crippen molar-refractivity contribution in [1.82, 2.24) is 0 Å². The van der Waals surface area contributed by atoms with E-state index in [0.717, 1.165) is 44.9 Å². The molecule has 0 aromatic heterocycles. The topological polar surface area (TPSA) is 80.9 Å². The first-order valence-electron chi connectivity index (χ1n) is 10.9. The van der Waals surface area contributed by atoms with Crippen LogP contribution < -0.4 is 0 Å². The Balaban J connectivity index is 1.68. The lowest BCUT2D eigenvalue weighted by molar-refractivity contribution is -0.207. The first-order valence-corrected chi connectivity index (χ1v) is 10.9. The smallest absolute Gasteiger partial charge is 0.0602 e. The van der Waals surface area contributed by atoms with Gasteiger partial charge in [-0.05, 0) is 91.3 Å². The monoisotopic (exact) mass is 366 g/mol. The van der Waals surface area contributed by atoms with Gasteiger partial charge in [0.2, 0.25) is 0 Å². The quantitative estimate of drug-likeness (QED) is 0.605. The van der Waals surface area contributed by atoms with E-state index in [9.17, 15) is 20.4 Å². The van der Waals surface area contributed by atoms with Crippen molar-refractivity contribution >= 4 is 0 Å². The molecule has 0 radical (unpaired) electrons. The molecule has 0 amide bonds. The highest BCUT2D eigenvalue weighted by Gasteiger charge is 2.65. The zero-order valence-electron chi connectivity index (χ0n) is 16.6. The fourth-order valence-corrected chi connectivity index (χ4v) is 8.26. The summed E-state index contributed by atoms with van der Waals surface area (Å²) < 4.78 is 0. The third-order valence-corrected chi connectivity index (χ3v) is 9.81. The van der Waals surface area contributed by atoms with Gasteiger partial charge in [0.25, 0.3) is 0 Å². The number of hydrogen-bond donors (Lipinski definition) is 4. The van der Waals surface area contributed by atoms with Gasteiger partial charge in [0.05, 0.1) is 18.3 Å². The molecule has 4 saturated carbocycles. The molecule has 11 atom stereocenters. The molecule has 0 bridgehead atoms. The van der Waals surface area contributed by atoms with Crippen molar-refractivity contribution in [2.24, 2.45) is 46.3 Å². The molecule has 1 unspecified atom stereocenters. The first-order chi connectivity index (χ1) is 12.2. The summed E-state index contributed by atoms with van der Waals surface area (Å²) in [5, 5.41) is 42.4. The lowest BCUT2D eigenvalue weighted by Gasteiger charge is -2.63. The molecule has 4 fully saturated rings. The fourth-order valence-electron chi connectivity index (χ4n) is 8.26. The molecule has 150 valence electrons. The Hall–Kier alpha value is -0.160. The Morgan fingerprint density at radius 2 is 1.69 bits per heavy atom. The average molecular weight is 367 g/mol. The highest BCUT2D eigenvalue weighted by molar-refractivity contribution is 5.14. The van der Waals surface area contributed by atoms with Gasteiger partial charge in [0.1, 0.15) is 0 Å². The Bertz CT molecular complexity index is 538. The minimum atomic E-state index is -0.357. The maximum atomic E-state index is 11.3. The maximum absolute atomic E-state index is 11.3. The Labute approximate surface area is 158 Å². The Morgan fingerprint density at radius 1 is 0.962 bits per heavy atom. The molecule has 0 aromatic rings. The molecule has 4 aliphatic carbocycles. The van der Waals surface area contributed by atoms with Gasteiger partial charge in [-0.25, -0.2) is 0 Å². The van der Waals surface area contributed by atoms with Crippen LogP contribution in [-0.2, 0) is 0 Å². The third-order valence-electron chi connectivity index (χ3n) is 9.81. The van der Waals surface area contributed by atoms with Crippen molar-refractivity contribution in [3.05, 3.63) is 0 Å². The lowest BCUT2D eigenvalue weighted by atomic mass is 9.43. The highest BCUT2D eigenvalue weighted by atomic mass is 16.3. The summed E-state index contributed by atoms with van der Waals surface area (Å²) in [6, 6.07) is 0. The molecule has 0 saturated heterocycles. The molecule has 0 heterocycles. The van der Waals surface area contributed by atoms with Gasteiger partial charge in [0, 0.05) is 6.61 Å². The van der Waals surface area contributed by atoms with Gasteiger partial charge >= 0.3 is 0 Å². The van der Waals surface area contributed by atoms with Crippen LogP contribution in [-0.4, -0.2) is 45.3 Å². The zero-order chi connectivity index (χ0) is 18.9. The molecular formula is C22H38O4. The van der Waals surface area contributed by atoms with Gasteiger partial charge in [-0.1, -0.05) is 20.8 Å². The summed E-state index contributed by atoms with van der Waals surface area (Å²) in [6.07, 6.45) is 5.46. The Kier molecular flexibility index (Phi) is 4.74. The van der Waals surface area contributed by atoms with E-state index in [4.69, 9.17) is 0 Å². The van der Waals surface area contributed by atoms with Gasteiger partial charge in [-0.15, -0.1) is 0 Å². The van der Waals surface area contributed by atoms with Crippen LogP contribution in [0.15, 0.2) is 0 Å². The van der Waals surface area contributed by atoms with E-state index in [1.54, 1.807) is 0 Å². The normalized spacial score (nSPS) is 57.8. The fraction of sp³-hybridized carbons (Fsp3) is 1.00. The van der Waals surface area contributed by atoms with E-state index in [2.05, 4.69) is 20.8 Å². The number of fused-ring (bicyclic) bond motifs is 5. The number of rotatable bonds is 2. The van der Waals surface area contributed by atoms with E-state index in [1.807, 2.05) is 0 Å². The molecule has 0 aromatic carbocycles. The molecule has 26 heavy (non-hydrogen) atoms. The van der Waals surface area contributed by atoms with Crippen molar-refractivity contribution in [3.63, 3.8) is 0 Å².